The van der Waals surface area contributed by atoms with Crippen LogP contribution in [-0.4, -0.2) is 30.1 Å². The highest BCUT2D eigenvalue weighted by molar-refractivity contribution is 9.10. The van der Waals surface area contributed by atoms with Crippen LogP contribution in [0, 0.1) is 5.92 Å². The summed E-state index contributed by atoms with van der Waals surface area (Å²) in [5.74, 6) is 0.708. The minimum Gasteiger partial charge on any atom is -0.492 e. The number of nitrogens with one attached hydrogen (secondary N) is 3. The van der Waals surface area contributed by atoms with Gasteiger partial charge in [-0.1, -0.05) is 56.3 Å². The fourth-order valence-corrected chi connectivity index (χ4v) is 3.54. The van der Waals surface area contributed by atoms with Crippen LogP contribution in [-0.2, 0) is 4.79 Å². The highest BCUT2D eigenvalue weighted by atomic mass is 79.9. The van der Waals surface area contributed by atoms with E-state index in [1.165, 1.54) is 0 Å². The minimum atomic E-state index is -0.455. The molecular weight excluding hydrogens is 530 g/mol. The summed E-state index contributed by atoms with van der Waals surface area (Å²) in [5, 5.41) is 2.46. The fraction of sp³-hybridized carbons (Fsp3) is 0.192. The zero-order valence-electron chi connectivity index (χ0n) is 19.3. The van der Waals surface area contributed by atoms with Crippen LogP contribution in [0.2, 0.25) is 0 Å². The molecule has 0 unspecified atom stereocenters. The highest BCUT2D eigenvalue weighted by Crippen LogP contribution is 2.26. The van der Waals surface area contributed by atoms with Gasteiger partial charge < -0.3 is 9.47 Å². The second kappa shape index (κ2) is 12.9. The Bertz CT molecular complexity index is 1170. The average molecular weight is 556 g/mol. The first kappa shape index (κ1) is 26.2. The smallest absolute Gasteiger partial charge is 0.276 e. The first-order chi connectivity index (χ1) is 16.8. The molecule has 2 amide bonds. The fourth-order valence-electron chi connectivity index (χ4n) is 2.91. The van der Waals surface area contributed by atoms with E-state index in [0.717, 1.165) is 11.1 Å². The average Bonchev–Trinajstić information content (AvgIpc) is 2.86. The van der Waals surface area contributed by atoms with E-state index in [4.69, 9.17) is 21.7 Å². The molecule has 0 saturated heterocycles. The molecule has 0 fully saturated rings. The van der Waals surface area contributed by atoms with Crippen LogP contribution in [0.3, 0.4) is 0 Å². The number of hydrogen-bond donors (Lipinski definition) is 3. The van der Waals surface area contributed by atoms with Crippen molar-refractivity contribution in [3.8, 4) is 22.6 Å². The molecule has 7 nitrogen and oxygen atoms in total. The maximum absolute atomic E-state index is 12.4. The van der Waals surface area contributed by atoms with Gasteiger partial charge in [-0.25, -0.2) is 0 Å². The summed E-state index contributed by atoms with van der Waals surface area (Å²) in [6, 6.07) is 22.4. The van der Waals surface area contributed by atoms with Crippen molar-refractivity contribution < 1.29 is 19.1 Å². The van der Waals surface area contributed by atoms with Gasteiger partial charge in [0.2, 0.25) is 0 Å². The predicted molar refractivity (Wildman–Crippen MR) is 143 cm³/mol. The van der Waals surface area contributed by atoms with E-state index in [1.807, 2.05) is 42.5 Å². The topological polar surface area (TPSA) is 88.7 Å². The van der Waals surface area contributed by atoms with E-state index in [0.29, 0.717) is 34.1 Å². The van der Waals surface area contributed by atoms with Crippen molar-refractivity contribution in [2.24, 2.45) is 5.92 Å². The molecule has 0 aliphatic rings. The second-order valence-corrected chi connectivity index (χ2v) is 9.25. The van der Waals surface area contributed by atoms with E-state index in [2.05, 4.69) is 45.9 Å². The van der Waals surface area contributed by atoms with Crippen molar-refractivity contribution in [2.45, 2.75) is 13.8 Å². The quantitative estimate of drug-likeness (QED) is 0.271. The second-order valence-electron chi connectivity index (χ2n) is 7.99. The Kier molecular flexibility index (Phi) is 9.63. The maximum atomic E-state index is 12.4. The molecule has 182 valence electrons. The third-order valence-electron chi connectivity index (χ3n) is 4.64. The number of halogens is 1. The molecule has 35 heavy (non-hydrogen) atoms. The van der Waals surface area contributed by atoms with E-state index < -0.39 is 11.8 Å². The molecule has 0 aliphatic heterocycles. The Morgan fingerprint density at radius 1 is 0.914 bits per heavy atom. The molecule has 3 rings (SSSR count). The summed E-state index contributed by atoms with van der Waals surface area (Å²) < 4.78 is 11.8. The molecule has 3 aromatic rings. The molecule has 0 atom stereocenters. The van der Waals surface area contributed by atoms with Gasteiger partial charge in [-0.05, 0) is 75.5 Å². The molecule has 0 aliphatic carbocycles. The van der Waals surface area contributed by atoms with Crippen molar-refractivity contribution in [2.75, 3.05) is 13.2 Å². The largest absolute Gasteiger partial charge is 0.492 e. The van der Waals surface area contributed by atoms with Gasteiger partial charge in [0.1, 0.15) is 11.5 Å². The van der Waals surface area contributed by atoms with Crippen molar-refractivity contribution in [1.82, 2.24) is 16.2 Å². The molecular formula is C26H26BrN3O4S. The van der Waals surface area contributed by atoms with E-state index in [-0.39, 0.29) is 11.7 Å². The summed E-state index contributed by atoms with van der Waals surface area (Å²) in [7, 11) is 0. The number of ether oxygens (including phenoxy) is 2. The van der Waals surface area contributed by atoms with Gasteiger partial charge in [0, 0.05) is 5.56 Å². The number of hydrogen-bond acceptors (Lipinski definition) is 5. The Morgan fingerprint density at radius 3 is 2.26 bits per heavy atom. The van der Waals surface area contributed by atoms with Gasteiger partial charge in [-0.3, -0.25) is 25.8 Å². The zero-order valence-corrected chi connectivity index (χ0v) is 21.7. The minimum absolute atomic E-state index is 0.0492. The number of amides is 2. The van der Waals surface area contributed by atoms with Gasteiger partial charge in [-0.15, -0.1) is 0 Å². The maximum Gasteiger partial charge on any atom is 0.276 e. The molecule has 0 spiro atoms. The summed E-state index contributed by atoms with van der Waals surface area (Å²) in [5.41, 5.74) is 7.42. The van der Waals surface area contributed by atoms with Gasteiger partial charge in [0.05, 0.1) is 11.1 Å². The number of thiocarbonyl (C=S) groups is 1. The van der Waals surface area contributed by atoms with Crippen molar-refractivity contribution >= 4 is 45.1 Å². The van der Waals surface area contributed by atoms with Crippen LogP contribution in [0.25, 0.3) is 11.1 Å². The van der Waals surface area contributed by atoms with Crippen molar-refractivity contribution in [1.29, 1.82) is 0 Å². The van der Waals surface area contributed by atoms with Crippen molar-refractivity contribution in [3.63, 3.8) is 0 Å². The molecule has 0 heterocycles. The lowest BCUT2D eigenvalue weighted by Gasteiger charge is -2.13. The Balaban J connectivity index is 1.41. The SMILES string of the molecule is CC(C)COc1ccc(C(=O)NC(=S)NNC(=O)COc2ccc(-c3ccccc3)cc2)cc1Br. The van der Waals surface area contributed by atoms with Gasteiger partial charge in [0.25, 0.3) is 11.8 Å². The Hall–Kier alpha value is -3.43. The van der Waals surface area contributed by atoms with E-state index >= 15 is 0 Å². The lowest BCUT2D eigenvalue weighted by atomic mass is 10.1. The van der Waals surface area contributed by atoms with Gasteiger partial charge >= 0.3 is 0 Å². The summed E-state index contributed by atoms with van der Waals surface area (Å²) in [4.78, 5) is 24.5. The Morgan fingerprint density at radius 2 is 1.60 bits per heavy atom. The van der Waals surface area contributed by atoms with Crippen LogP contribution in [0.4, 0.5) is 0 Å². The number of benzene rings is 3. The van der Waals surface area contributed by atoms with E-state index in [9.17, 15) is 9.59 Å². The molecule has 0 radical (unpaired) electrons. The third kappa shape index (κ3) is 8.38. The van der Waals surface area contributed by atoms with Crippen LogP contribution >= 0.6 is 28.1 Å². The predicted octanol–water partition coefficient (Wildman–Crippen LogP) is 4.87. The number of rotatable bonds is 8. The molecule has 3 N–H and O–H groups in total. The van der Waals surface area contributed by atoms with Gasteiger partial charge in [-0.2, -0.15) is 0 Å². The van der Waals surface area contributed by atoms with E-state index in [1.54, 1.807) is 30.3 Å². The lowest BCUT2D eigenvalue weighted by Crippen LogP contribution is -2.49. The monoisotopic (exact) mass is 555 g/mol. The standard InChI is InChI=1S/C26H26BrN3O4S/c1-17(2)15-34-23-13-10-20(14-22(23)27)25(32)28-26(35)30-29-24(31)16-33-21-11-8-19(9-12-21)18-6-4-3-5-7-18/h3-14,17H,15-16H2,1-2H3,(H,29,31)(H2,28,30,32,35). The van der Waals surface area contributed by atoms with Crippen LogP contribution < -0.4 is 25.6 Å². The lowest BCUT2D eigenvalue weighted by molar-refractivity contribution is -0.123. The Labute approximate surface area is 218 Å². The normalized spacial score (nSPS) is 10.4. The number of hydrazine groups is 1. The molecule has 0 aromatic heterocycles. The van der Waals surface area contributed by atoms with Gasteiger partial charge in [0.15, 0.2) is 11.7 Å². The van der Waals surface area contributed by atoms with Crippen LogP contribution in [0.15, 0.2) is 77.3 Å². The molecule has 0 saturated carbocycles. The van der Waals surface area contributed by atoms with Crippen LogP contribution in [0.5, 0.6) is 11.5 Å². The number of carbonyl (C=O) groups excluding carboxylic acids is 2. The van der Waals surface area contributed by atoms with Crippen LogP contribution in [0.1, 0.15) is 24.2 Å². The highest BCUT2D eigenvalue weighted by Gasteiger charge is 2.12. The zero-order chi connectivity index (χ0) is 25.2. The van der Waals surface area contributed by atoms with Crippen molar-refractivity contribution in [3.05, 3.63) is 82.8 Å². The molecule has 3 aromatic carbocycles. The molecule has 0 bridgehead atoms. The molecule has 9 heteroatoms. The number of carbonyl (C=O) groups is 2. The first-order valence-corrected chi connectivity index (χ1v) is 12.1. The first-order valence-electron chi connectivity index (χ1n) is 10.9. The summed E-state index contributed by atoms with van der Waals surface area (Å²) in [6.45, 7) is 4.45. The summed E-state index contributed by atoms with van der Waals surface area (Å²) in [6.07, 6.45) is 0. The third-order valence-corrected chi connectivity index (χ3v) is 5.46. The summed E-state index contributed by atoms with van der Waals surface area (Å²) >= 11 is 8.49.